The molecule has 6 bridgehead atoms. The second-order valence-corrected chi connectivity index (χ2v) is 22.8. The summed E-state index contributed by atoms with van der Waals surface area (Å²) in [6, 6.07) is 0.602. The SMILES string of the molecule is CC(C)(C)OC(=O)N1C2CCC1C(O)C2.Cc1c(Cl)ncnc1Cl.Cc1c(Cl)ncnc1O[C@@H]1CC2CCC1N2C(=O)OC(C)(C)C.Cc1c(Cl)ncnc1O[C@H]1CC2CCC1N2C(=O)OC(C)(C)C. The van der Waals surface area contributed by atoms with Crippen molar-refractivity contribution in [1.82, 2.24) is 44.6 Å². The van der Waals surface area contributed by atoms with Gasteiger partial charge in [-0.3, -0.25) is 14.7 Å². The summed E-state index contributed by atoms with van der Waals surface area (Å²) in [6.45, 7) is 22.3. The van der Waals surface area contributed by atoms with E-state index in [1.807, 2.05) is 86.0 Å². The van der Waals surface area contributed by atoms with Crippen molar-refractivity contribution in [3.8, 4) is 11.8 Å². The van der Waals surface area contributed by atoms with Crippen molar-refractivity contribution in [1.29, 1.82) is 0 Å². The Morgan fingerprint density at radius 2 is 0.786 bits per heavy atom. The second kappa shape index (κ2) is 22.3. The minimum Gasteiger partial charge on any atom is -0.472 e. The van der Waals surface area contributed by atoms with Gasteiger partial charge in [0.1, 0.15) is 68.6 Å². The molecule has 7 unspecified atom stereocenters. The zero-order chi connectivity index (χ0) is 51.6. The molecule has 3 aromatic heterocycles. The van der Waals surface area contributed by atoms with Gasteiger partial charge in [0.2, 0.25) is 11.8 Å². The molecule has 0 radical (unpaired) electrons. The van der Waals surface area contributed by atoms with Crippen molar-refractivity contribution < 1.29 is 43.2 Å². The lowest BCUT2D eigenvalue weighted by molar-refractivity contribution is 0.0164. The summed E-state index contributed by atoms with van der Waals surface area (Å²) in [7, 11) is 0. The van der Waals surface area contributed by atoms with Gasteiger partial charge in [-0.25, -0.2) is 44.3 Å². The maximum Gasteiger partial charge on any atom is 0.410 e. The van der Waals surface area contributed by atoms with E-state index in [4.69, 9.17) is 70.1 Å². The highest BCUT2D eigenvalue weighted by Crippen LogP contribution is 2.43. The molecule has 0 spiro atoms. The van der Waals surface area contributed by atoms with Crippen LogP contribution in [0.15, 0.2) is 19.0 Å². The van der Waals surface area contributed by atoms with Crippen molar-refractivity contribution in [2.75, 3.05) is 0 Å². The maximum absolute atomic E-state index is 12.4. The Bertz CT molecular complexity index is 2220. The van der Waals surface area contributed by atoms with Gasteiger partial charge in [0.15, 0.2) is 0 Å². The van der Waals surface area contributed by atoms with Gasteiger partial charge < -0.3 is 28.8 Å². The minimum atomic E-state index is -0.494. The number of rotatable bonds is 4. The van der Waals surface area contributed by atoms with Gasteiger partial charge in [-0.15, -0.1) is 0 Å². The summed E-state index contributed by atoms with van der Waals surface area (Å²) >= 11 is 23.2. The summed E-state index contributed by atoms with van der Waals surface area (Å²) in [6.07, 6.45) is 10.9. The maximum atomic E-state index is 12.4. The van der Waals surface area contributed by atoms with Crippen LogP contribution >= 0.6 is 46.4 Å². The van der Waals surface area contributed by atoms with E-state index in [0.717, 1.165) is 68.1 Å². The molecular weight excluding hydrogens is 988 g/mol. The first-order valence-corrected chi connectivity index (χ1v) is 25.3. The number of carbonyl (C=O) groups is 3. The molecule has 0 saturated carbocycles. The van der Waals surface area contributed by atoms with Crippen LogP contribution < -0.4 is 9.47 Å². The highest BCUT2D eigenvalue weighted by atomic mass is 35.5. The second-order valence-electron chi connectivity index (χ2n) is 21.4. The molecule has 22 heteroatoms. The largest absolute Gasteiger partial charge is 0.472 e. The topological polar surface area (TPSA) is 205 Å². The molecular formula is C48H67Cl4N9O9. The fourth-order valence-electron chi connectivity index (χ4n) is 9.64. The molecule has 3 amide bonds. The van der Waals surface area contributed by atoms with Crippen molar-refractivity contribution in [3.05, 3.63) is 56.3 Å². The third-order valence-electron chi connectivity index (χ3n) is 12.7. The predicted octanol–water partition coefficient (Wildman–Crippen LogP) is 10.3. The monoisotopic (exact) mass is 1050 g/mol. The van der Waals surface area contributed by atoms with E-state index in [1.54, 1.807) is 11.8 Å². The standard InChI is InChI=1S/2C16H22ClN3O3.C11H19NO3.C5H4Cl2N2/c2*1-9-13(17)18-8-19-14(9)22-12-7-10-5-6-11(12)20(10)15(21)23-16(2,3)4;1-11(2,3)15-10(14)12-7-4-5-8(12)9(13)6-7;1-3-4(6)8-2-9-5(3)7/h2*8,10-12H,5-7H2,1-4H3;7-9,13H,4-6H2,1-3H3;2H,1H3/t2*10?,11?,12-;;/m10../s1. The van der Waals surface area contributed by atoms with Crippen LogP contribution in [-0.4, -0.2) is 139 Å². The van der Waals surface area contributed by atoms with Gasteiger partial charge in [-0.2, -0.15) is 0 Å². The van der Waals surface area contributed by atoms with E-state index in [9.17, 15) is 19.5 Å². The number of ether oxygens (including phenoxy) is 5. The van der Waals surface area contributed by atoms with Gasteiger partial charge in [0, 0.05) is 47.7 Å². The van der Waals surface area contributed by atoms with Crippen LogP contribution in [-0.2, 0) is 14.2 Å². The molecule has 0 aromatic carbocycles. The van der Waals surface area contributed by atoms with E-state index in [-0.39, 0.29) is 72.8 Å². The van der Waals surface area contributed by atoms with Crippen molar-refractivity contribution in [2.45, 2.75) is 212 Å². The van der Waals surface area contributed by atoms with Crippen LogP contribution in [0.2, 0.25) is 20.6 Å². The molecule has 9 rings (SSSR count). The number of amides is 3. The molecule has 6 saturated heterocycles. The summed E-state index contributed by atoms with van der Waals surface area (Å²) in [4.78, 5) is 65.8. The lowest BCUT2D eigenvalue weighted by Gasteiger charge is -2.28. The molecule has 0 aliphatic carbocycles. The Labute approximate surface area is 430 Å². The molecule has 6 fully saturated rings. The van der Waals surface area contributed by atoms with E-state index < -0.39 is 16.8 Å². The molecule has 3 aromatic rings. The normalized spacial score (nSPS) is 26.1. The van der Waals surface area contributed by atoms with E-state index in [1.165, 1.54) is 19.0 Å². The average molecular weight is 1060 g/mol. The van der Waals surface area contributed by atoms with Crippen molar-refractivity contribution >= 4 is 64.7 Å². The Balaban J connectivity index is 0.000000161. The molecule has 70 heavy (non-hydrogen) atoms. The quantitative estimate of drug-likeness (QED) is 0.191. The number of halogens is 4. The Kier molecular flexibility index (Phi) is 17.5. The molecule has 18 nitrogen and oxygen atoms in total. The third-order valence-corrected chi connectivity index (χ3v) is 14.2. The number of carbonyl (C=O) groups excluding carboxylic acids is 3. The Hall–Kier alpha value is -4.23. The first-order valence-electron chi connectivity index (χ1n) is 23.7. The number of aromatic nitrogens is 6. The van der Waals surface area contributed by atoms with E-state index in [0.29, 0.717) is 38.8 Å². The summed E-state index contributed by atoms with van der Waals surface area (Å²) < 4.78 is 28.5. The van der Waals surface area contributed by atoms with Crippen LogP contribution in [0.25, 0.3) is 0 Å². The van der Waals surface area contributed by atoms with Crippen molar-refractivity contribution in [2.24, 2.45) is 0 Å². The van der Waals surface area contributed by atoms with Crippen LogP contribution in [0.1, 0.15) is 137 Å². The van der Waals surface area contributed by atoms with E-state index in [2.05, 4.69) is 29.9 Å². The molecule has 9 atom stereocenters. The van der Waals surface area contributed by atoms with Crippen LogP contribution in [0.4, 0.5) is 14.4 Å². The number of nitrogens with zero attached hydrogens (tertiary/aromatic N) is 9. The third kappa shape index (κ3) is 13.6. The van der Waals surface area contributed by atoms with Gasteiger partial charge >= 0.3 is 18.3 Å². The Morgan fingerprint density at radius 3 is 1.09 bits per heavy atom. The summed E-state index contributed by atoms with van der Waals surface area (Å²) in [5, 5.41) is 11.3. The molecule has 6 aliphatic heterocycles. The average Bonchev–Trinajstić information content (AvgIpc) is 4.11. The number of aliphatic hydroxyl groups excluding tert-OH is 1. The fraction of sp³-hybridized carbons (Fsp3) is 0.688. The zero-order valence-corrected chi connectivity index (χ0v) is 45.1. The number of hydrogen-bond acceptors (Lipinski definition) is 15. The molecule has 6 aliphatic rings. The first kappa shape index (κ1) is 55.1. The highest BCUT2D eigenvalue weighted by Gasteiger charge is 2.53. The molecule has 386 valence electrons. The predicted molar refractivity (Wildman–Crippen MR) is 264 cm³/mol. The van der Waals surface area contributed by atoms with Gasteiger partial charge in [-0.1, -0.05) is 46.4 Å². The summed E-state index contributed by atoms with van der Waals surface area (Å²) in [5.41, 5.74) is 0.727. The molecule has 1 N–H and O–H groups in total. The highest BCUT2D eigenvalue weighted by molar-refractivity contribution is 6.34. The lowest BCUT2D eigenvalue weighted by Crippen LogP contribution is -2.42. The molecule has 9 heterocycles. The van der Waals surface area contributed by atoms with Crippen LogP contribution in [0, 0.1) is 20.8 Å². The fourth-order valence-corrected chi connectivity index (χ4v) is 10.2. The lowest BCUT2D eigenvalue weighted by atomic mass is 9.98. The number of aliphatic hydroxyl groups is 1. The Morgan fingerprint density at radius 1 is 0.486 bits per heavy atom. The number of hydrogen-bond donors (Lipinski definition) is 1. The first-order chi connectivity index (χ1) is 32.6. The van der Waals surface area contributed by atoms with Gasteiger partial charge in [0.25, 0.3) is 0 Å². The zero-order valence-electron chi connectivity index (χ0n) is 42.0. The van der Waals surface area contributed by atoms with Crippen LogP contribution in [0.3, 0.4) is 0 Å². The van der Waals surface area contributed by atoms with E-state index >= 15 is 0 Å². The smallest absolute Gasteiger partial charge is 0.410 e. The minimum absolute atomic E-state index is 0.00940. The number of fused-ring (bicyclic) bond motifs is 6. The summed E-state index contributed by atoms with van der Waals surface area (Å²) in [5.74, 6) is 0.985. The van der Waals surface area contributed by atoms with Gasteiger partial charge in [-0.05, 0) is 128 Å². The van der Waals surface area contributed by atoms with Crippen LogP contribution in [0.5, 0.6) is 11.8 Å². The van der Waals surface area contributed by atoms with Gasteiger partial charge in [0.05, 0.1) is 24.2 Å². The van der Waals surface area contributed by atoms with Crippen molar-refractivity contribution in [3.63, 3.8) is 0 Å².